The van der Waals surface area contributed by atoms with Crippen LogP contribution in [0.25, 0.3) is 0 Å². The van der Waals surface area contributed by atoms with E-state index in [1.807, 2.05) is 57.2 Å². The van der Waals surface area contributed by atoms with Gasteiger partial charge in [-0.1, -0.05) is 23.2 Å². The highest BCUT2D eigenvalue weighted by Gasteiger charge is 2.29. The second-order valence-electron chi connectivity index (χ2n) is 10.2. The van der Waals surface area contributed by atoms with Gasteiger partial charge < -0.3 is 24.8 Å². The number of amides is 1. The highest BCUT2D eigenvalue weighted by atomic mass is 35.5. The largest absolute Gasteiger partial charge is 0.444 e. The van der Waals surface area contributed by atoms with Crippen LogP contribution in [0.3, 0.4) is 0 Å². The number of nitrogens with zero attached hydrogens (tertiary/aromatic N) is 3. The Morgan fingerprint density at radius 2 is 1.37 bits per heavy atom. The Balaban J connectivity index is 0.000000211. The fourth-order valence-corrected chi connectivity index (χ4v) is 4.58. The van der Waals surface area contributed by atoms with E-state index < -0.39 is 5.60 Å². The van der Waals surface area contributed by atoms with Crippen LogP contribution in [0.15, 0.2) is 48.5 Å². The topological polar surface area (TPSA) is 48.1 Å². The molecule has 0 spiro atoms. The van der Waals surface area contributed by atoms with E-state index in [4.69, 9.17) is 27.9 Å². The van der Waals surface area contributed by atoms with Crippen molar-refractivity contribution in [2.75, 3.05) is 49.1 Å². The number of hydrogen-bond acceptors (Lipinski definition) is 5. The number of anilines is 2. The lowest BCUT2D eigenvalue weighted by Crippen LogP contribution is -2.54. The third-order valence-electron chi connectivity index (χ3n) is 6.10. The molecule has 2 fully saturated rings. The molecule has 4 rings (SSSR count). The zero-order valence-corrected chi connectivity index (χ0v) is 22.9. The number of benzene rings is 2. The summed E-state index contributed by atoms with van der Waals surface area (Å²) in [6, 6.07) is 16.7. The van der Waals surface area contributed by atoms with Gasteiger partial charge in [0.05, 0.1) is 0 Å². The maximum Gasteiger partial charge on any atom is 0.410 e. The number of carbonyl (C=O) groups excluding carboxylic acids is 1. The first-order chi connectivity index (χ1) is 16.5. The Morgan fingerprint density at radius 3 is 1.83 bits per heavy atom. The summed E-state index contributed by atoms with van der Waals surface area (Å²) in [5.41, 5.74) is 1.95. The van der Waals surface area contributed by atoms with Gasteiger partial charge in [-0.2, -0.15) is 0 Å². The van der Waals surface area contributed by atoms with Gasteiger partial charge in [0.15, 0.2) is 0 Å². The molecule has 2 saturated heterocycles. The SMILES string of the molecule is CC1CN(C(=O)OC(C)(C)C)CCN1c1ccc(Cl)cc1.CC1CNCCN1c1ccc(Cl)cc1. The summed E-state index contributed by atoms with van der Waals surface area (Å²) in [4.78, 5) is 18.6. The zero-order chi connectivity index (χ0) is 25.6. The molecule has 35 heavy (non-hydrogen) atoms. The predicted molar refractivity (Wildman–Crippen MR) is 147 cm³/mol. The van der Waals surface area contributed by atoms with Crippen LogP contribution in [0.5, 0.6) is 0 Å². The number of rotatable bonds is 2. The first-order valence-corrected chi connectivity index (χ1v) is 13.0. The lowest BCUT2D eigenvalue weighted by molar-refractivity contribution is 0.0219. The first-order valence-electron chi connectivity index (χ1n) is 12.3. The predicted octanol–water partition coefficient (Wildman–Crippen LogP) is 5.92. The van der Waals surface area contributed by atoms with Gasteiger partial charge in [-0.25, -0.2) is 4.79 Å². The van der Waals surface area contributed by atoms with E-state index in [2.05, 4.69) is 41.1 Å². The van der Waals surface area contributed by atoms with E-state index in [1.165, 1.54) is 5.69 Å². The Labute approximate surface area is 220 Å². The molecule has 2 aromatic rings. The lowest BCUT2D eigenvalue weighted by Gasteiger charge is -2.41. The van der Waals surface area contributed by atoms with E-state index in [9.17, 15) is 4.79 Å². The van der Waals surface area contributed by atoms with Crippen molar-refractivity contribution in [3.63, 3.8) is 0 Å². The smallest absolute Gasteiger partial charge is 0.410 e. The summed E-state index contributed by atoms with van der Waals surface area (Å²) in [5.74, 6) is 0. The average Bonchev–Trinajstić information content (AvgIpc) is 2.80. The molecule has 2 aliphatic rings. The maximum atomic E-state index is 12.1. The standard InChI is InChI=1S/C16H23ClN2O2.C11H15ClN2/c1-12-11-18(15(20)21-16(2,3)4)9-10-19(12)14-7-5-13(17)6-8-14;1-9-8-13-6-7-14(9)11-4-2-10(12)3-5-11/h5-8,12H,9-11H2,1-4H3;2-5,9,13H,6-8H2,1H3. The molecule has 2 heterocycles. The van der Waals surface area contributed by atoms with Crippen molar-refractivity contribution in [3.8, 4) is 0 Å². The van der Waals surface area contributed by atoms with Crippen LogP contribution in [0, 0.1) is 0 Å². The van der Waals surface area contributed by atoms with E-state index in [1.54, 1.807) is 4.90 Å². The molecular weight excluding hydrogens is 483 g/mol. The van der Waals surface area contributed by atoms with Crippen LogP contribution in [0.1, 0.15) is 34.6 Å². The summed E-state index contributed by atoms with van der Waals surface area (Å²) >= 11 is 11.8. The first kappa shape index (κ1) is 27.4. The molecule has 2 aliphatic heterocycles. The third kappa shape index (κ3) is 8.19. The van der Waals surface area contributed by atoms with Crippen LogP contribution in [-0.4, -0.2) is 67.9 Å². The van der Waals surface area contributed by atoms with Gasteiger partial charge in [0.2, 0.25) is 0 Å². The monoisotopic (exact) mass is 520 g/mol. The van der Waals surface area contributed by atoms with E-state index in [-0.39, 0.29) is 12.1 Å². The normalized spacial score (nSPS) is 20.7. The summed E-state index contributed by atoms with van der Waals surface area (Å²) in [6.45, 7) is 15.3. The van der Waals surface area contributed by atoms with Crippen LogP contribution < -0.4 is 15.1 Å². The summed E-state index contributed by atoms with van der Waals surface area (Å²) in [7, 11) is 0. The van der Waals surface area contributed by atoms with Crippen molar-refractivity contribution >= 4 is 40.7 Å². The minimum Gasteiger partial charge on any atom is -0.444 e. The molecular formula is C27H38Cl2N4O2. The van der Waals surface area contributed by atoms with E-state index in [0.29, 0.717) is 19.1 Å². The van der Waals surface area contributed by atoms with E-state index in [0.717, 1.165) is 41.9 Å². The second-order valence-corrected chi connectivity index (χ2v) is 11.0. The van der Waals surface area contributed by atoms with Gasteiger partial charge in [0.1, 0.15) is 5.60 Å². The summed E-state index contributed by atoms with van der Waals surface area (Å²) in [6.07, 6.45) is -0.231. The molecule has 0 saturated carbocycles. The van der Waals surface area contributed by atoms with Crippen LogP contribution >= 0.6 is 23.2 Å². The Hall–Kier alpha value is -2.15. The van der Waals surface area contributed by atoms with Gasteiger partial charge >= 0.3 is 6.09 Å². The summed E-state index contributed by atoms with van der Waals surface area (Å²) in [5, 5.41) is 4.92. The molecule has 1 amide bonds. The van der Waals surface area contributed by atoms with Crippen molar-refractivity contribution in [2.45, 2.75) is 52.3 Å². The van der Waals surface area contributed by atoms with Crippen molar-refractivity contribution < 1.29 is 9.53 Å². The zero-order valence-electron chi connectivity index (χ0n) is 21.4. The number of piperazine rings is 2. The number of ether oxygens (including phenoxy) is 1. The van der Waals surface area contributed by atoms with Gasteiger partial charge in [-0.3, -0.25) is 0 Å². The highest BCUT2D eigenvalue weighted by molar-refractivity contribution is 6.30. The number of hydrogen-bond donors (Lipinski definition) is 1. The Morgan fingerprint density at radius 1 is 0.857 bits per heavy atom. The fraction of sp³-hybridized carbons (Fsp3) is 0.519. The summed E-state index contributed by atoms with van der Waals surface area (Å²) < 4.78 is 5.43. The van der Waals surface area contributed by atoms with Gasteiger partial charge in [-0.15, -0.1) is 0 Å². The van der Waals surface area contributed by atoms with Crippen molar-refractivity contribution in [1.82, 2.24) is 10.2 Å². The molecule has 2 aromatic carbocycles. The molecule has 0 radical (unpaired) electrons. The van der Waals surface area contributed by atoms with Gasteiger partial charge in [0.25, 0.3) is 0 Å². The molecule has 8 heteroatoms. The molecule has 0 bridgehead atoms. The lowest BCUT2D eigenvalue weighted by atomic mass is 10.1. The number of carbonyl (C=O) groups is 1. The average molecular weight is 522 g/mol. The minimum absolute atomic E-state index is 0.231. The molecule has 192 valence electrons. The van der Waals surface area contributed by atoms with E-state index >= 15 is 0 Å². The van der Waals surface area contributed by atoms with Crippen molar-refractivity contribution in [1.29, 1.82) is 0 Å². The van der Waals surface area contributed by atoms with Crippen LogP contribution in [0.4, 0.5) is 16.2 Å². The van der Waals surface area contributed by atoms with Gasteiger partial charge in [-0.05, 0) is 83.1 Å². The molecule has 2 atom stereocenters. The van der Waals surface area contributed by atoms with Crippen LogP contribution in [-0.2, 0) is 4.74 Å². The molecule has 0 aromatic heterocycles. The number of nitrogens with one attached hydrogen (secondary N) is 1. The van der Waals surface area contributed by atoms with Crippen molar-refractivity contribution in [2.24, 2.45) is 0 Å². The van der Waals surface area contributed by atoms with Crippen molar-refractivity contribution in [3.05, 3.63) is 58.6 Å². The quantitative estimate of drug-likeness (QED) is 0.532. The Kier molecular flexibility index (Phi) is 9.56. The number of halogens is 2. The van der Waals surface area contributed by atoms with Gasteiger partial charge in [0, 0.05) is 72.8 Å². The minimum atomic E-state index is -0.451. The molecule has 6 nitrogen and oxygen atoms in total. The highest BCUT2D eigenvalue weighted by Crippen LogP contribution is 2.24. The maximum absolute atomic E-state index is 12.1. The molecule has 0 aliphatic carbocycles. The third-order valence-corrected chi connectivity index (χ3v) is 6.60. The Bertz CT molecular complexity index is 947. The molecule has 1 N–H and O–H groups in total. The van der Waals surface area contributed by atoms with Crippen LogP contribution in [0.2, 0.25) is 10.0 Å². The molecule has 2 unspecified atom stereocenters. The fourth-order valence-electron chi connectivity index (χ4n) is 4.32. The second kappa shape index (κ2) is 12.2.